The molecule has 1 N–H and O–H groups in total. The number of rotatable bonds is 8. The zero-order valence-electron chi connectivity index (χ0n) is 14.6. The van der Waals surface area contributed by atoms with Gasteiger partial charge < -0.3 is 10.2 Å². The number of nitrogens with zero attached hydrogens (tertiary/aromatic N) is 1. The number of hydrogen-bond donors (Lipinski definition) is 1. The molecule has 1 aliphatic carbocycles. The fourth-order valence-corrected chi connectivity index (χ4v) is 3.30. The summed E-state index contributed by atoms with van der Waals surface area (Å²) in [5.74, 6) is 0. The quantitative estimate of drug-likeness (QED) is 0.664. The van der Waals surface area contributed by atoms with Crippen LogP contribution in [0.3, 0.4) is 0 Å². The summed E-state index contributed by atoms with van der Waals surface area (Å²) in [5, 5.41) is 3.27. The highest BCUT2D eigenvalue weighted by Crippen LogP contribution is 2.18. The Kier molecular flexibility index (Phi) is 7.99. The van der Waals surface area contributed by atoms with Gasteiger partial charge in [-0.2, -0.15) is 0 Å². The van der Waals surface area contributed by atoms with Crippen LogP contribution in [0.25, 0.3) is 0 Å². The van der Waals surface area contributed by atoms with Gasteiger partial charge >= 0.3 is 6.03 Å². The molecule has 3 nitrogen and oxygen atoms in total. The summed E-state index contributed by atoms with van der Waals surface area (Å²) in [6.45, 7) is 3.79. The molecule has 2 amide bonds. The number of hydrogen-bond acceptors (Lipinski definition) is 1. The molecule has 1 saturated carbocycles. The molecule has 23 heavy (non-hydrogen) atoms. The van der Waals surface area contributed by atoms with Crippen LogP contribution in [0.15, 0.2) is 30.3 Å². The van der Waals surface area contributed by atoms with Crippen molar-refractivity contribution in [3.8, 4) is 0 Å². The van der Waals surface area contributed by atoms with Gasteiger partial charge in [-0.3, -0.25) is 0 Å². The molecule has 0 aromatic heterocycles. The minimum atomic E-state index is 0.122. The van der Waals surface area contributed by atoms with E-state index in [1.54, 1.807) is 0 Å². The van der Waals surface area contributed by atoms with Crippen molar-refractivity contribution < 1.29 is 4.79 Å². The van der Waals surface area contributed by atoms with Gasteiger partial charge in [-0.25, -0.2) is 4.79 Å². The largest absolute Gasteiger partial charge is 0.335 e. The summed E-state index contributed by atoms with van der Waals surface area (Å²) in [6.07, 6.45) is 10.9. The first-order valence-electron chi connectivity index (χ1n) is 9.39. The molecule has 2 rings (SSSR count). The van der Waals surface area contributed by atoms with Crippen LogP contribution < -0.4 is 5.32 Å². The molecule has 128 valence electrons. The van der Waals surface area contributed by atoms with E-state index < -0.39 is 0 Å². The molecule has 0 radical (unpaired) electrons. The fraction of sp³-hybridized carbons (Fsp3) is 0.650. The Bertz CT molecular complexity index is 440. The summed E-state index contributed by atoms with van der Waals surface area (Å²) in [4.78, 5) is 14.7. The Balaban J connectivity index is 1.89. The number of carbonyl (C=O) groups excluding carboxylic acids is 1. The average molecular weight is 316 g/mol. The normalized spacial score (nSPS) is 15.3. The first kappa shape index (κ1) is 17.8. The number of amides is 2. The predicted octanol–water partition coefficient (Wildman–Crippen LogP) is 5.11. The zero-order chi connectivity index (χ0) is 16.3. The standard InChI is InChI=1S/C20H32N2O/c1-2-3-4-11-16-22(17-18-12-7-5-8-13-18)20(23)21-19-14-9-6-10-15-19/h5,7-8,12-13,19H,2-4,6,9-11,14-17H2,1H3,(H,21,23). The summed E-state index contributed by atoms with van der Waals surface area (Å²) in [5.41, 5.74) is 1.21. The maximum Gasteiger partial charge on any atom is 0.317 e. The average Bonchev–Trinajstić information content (AvgIpc) is 2.59. The van der Waals surface area contributed by atoms with E-state index in [9.17, 15) is 4.79 Å². The van der Waals surface area contributed by atoms with Gasteiger partial charge in [0.05, 0.1) is 0 Å². The van der Waals surface area contributed by atoms with Gasteiger partial charge in [-0.15, -0.1) is 0 Å². The van der Waals surface area contributed by atoms with Crippen LogP contribution in [-0.4, -0.2) is 23.5 Å². The smallest absolute Gasteiger partial charge is 0.317 e. The minimum Gasteiger partial charge on any atom is -0.335 e. The van der Waals surface area contributed by atoms with Crippen LogP contribution in [0.4, 0.5) is 4.79 Å². The Hall–Kier alpha value is -1.51. The molecule has 1 aromatic rings. The lowest BCUT2D eigenvalue weighted by molar-refractivity contribution is 0.186. The summed E-state index contributed by atoms with van der Waals surface area (Å²) < 4.78 is 0. The monoisotopic (exact) mass is 316 g/mol. The van der Waals surface area contributed by atoms with Gasteiger partial charge in [0.25, 0.3) is 0 Å². The van der Waals surface area contributed by atoms with Crippen LogP contribution in [-0.2, 0) is 6.54 Å². The van der Waals surface area contributed by atoms with Crippen molar-refractivity contribution in [3.63, 3.8) is 0 Å². The van der Waals surface area contributed by atoms with Crippen LogP contribution in [0.5, 0.6) is 0 Å². The number of urea groups is 1. The topological polar surface area (TPSA) is 32.3 Å². The maximum absolute atomic E-state index is 12.7. The number of nitrogens with one attached hydrogen (secondary N) is 1. The van der Waals surface area contributed by atoms with E-state index >= 15 is 0 Å². The first-order chi connectivity index (χ1) is 11.3. The van der Waals surface area contributed by atoms with Crippen molar-refractivity contribution >= 4 is 6.03 Å². The molecule has 0 spiro atoms. The molecule has 0 atom stereocenters. The molecule has 0 saturated heterocycles. The predicted molar refractivity (Wildman–Crippen MR) is 96.4 cm³/mol. The molecule has 1 aliphatic rings. The van der Waals surface area contributed by atoms with E-state index in [-0.39, 0.29) is 6.03 Å². The van der Waals surface area contributed by atoms with Gasteiger partial charge in [0, 0.05) is 19.1 Å². The Labute approximate surface area is 141 Å². The molecule has 3 heteroatoms. The summed E-state index contributed by atoms with van der Waals surface area (Å²) in [7, 11) is 0. The third kappa shape index (κ3) is 6.64. The molecular weight excluding hydrogens is 284 g/mol. The number of unbranched alkanes of at least 4 members (excludes halogenated alkanes) is 3. The van der Waals surface area contributed by atoms with Crippen molar-refractivity contribution in [1.29, 1.82) is 0 Å². The molecule has 0 heterocycles. The highest BCUT2D eigenvalue weighted by atomic mass is 16.2. The van der Waals surface area contributed by atoms with Crippen LogP contribution in [0.1, 0.15) is 70.3 Å². The lowest BCUT2D eigenvalue weighted by Gasteiger charge is -2.28. The highest BCUT2D eigenvalue weighted by molar-refractivity contribution is 5.74. The Morgan fingerprint density at radius 1 is 1.09 bits per heavy atom. The van der Waals surface area contributed by atoms with Crippen molar-refractivity contribution in [2.75, 3.05) is 6.54 Å². The Morgan fingerprint density at radius 3 is 2.52 bits per heavy atom. The van der Waals surface area contributed by atoms with Crippen LogP contribution in [0.2, 0.25) is 0 Å². The first-order valence-corrected chi connectivity index (χ1v) is 9.39. The van der Waals surface area contributed by atoms with Gasteiger partial charge in [0.2, 0.25) is 0 Å². The van der Waals surface area contributed by atoms with Crippen molar-refractivity contribution in [2.24, 2.45) is 0 Å². The van der Waals surface area contributed by atoms with Crippen molar-refractivity contribution in [2.45, 2.75) is 77.3 Å². The van der Waals surface area contributed by atoms with Gasteiger partial charge in [0.15, 0.2) is 0 Å². The van der Waals surface area contributed by atoms with E-state index in [4.69, 9.17) is 0 Å². The third-order valence-corrected chi connectivity index (χ3v) is 4.72. The number of benzene rings is 1. The maximum atomic E-state index is 12.7. The van der Waals surface area contributed by atoms with E-state index in [2.05, 4.69) is 24.4 Å². The second kappa shape index (κ2) is 10.3. The van der Waals surface area contributed by atoms with E-state index in [0.29, 0.717) is 12.6 Å². The molecule has 0 bridgehead atoms. The number of carbonyl (C=O) groups is 1. The lowest BCUT2D eigenvalue weighted by atomic mass is 9.96. The van der Waals surface area contributed by atoms with E-state index in [1.165, 1.54) is 44.1 Å². The SMILES string of the molecule is CCCCCCN(Cc1ccccc1)C(=O)NC1CCCCC1. The van der Waals surface area contributed by atoms with Crippen molar-refractivity contribution in [1.82, 2.24) is 10.2 Å². The molecule has 1 aromatic carbocycles. The zero-order valence-corrected chi connectivity index (χ0v) is 14.6. The second-order valence-electron chi connectivity index (χ2n) is 6.75. The summed E-state index contributed by atoms with van der Waals surface area (Å²) in [6, 6.07) is 10.8. The Morgan fingerprint density at radius 2 is 1.83 bits per heavy atom. The third-order valence-electron chi connectivity index (χ3n) is 4.72. The molecule has 1 fully saturated rings. The van der Waals surface area contributed by atoms with Crippen LogP contribution in [0, 0.1) is 0 Å². The van der Waals surface area contributed by atoms with E-state index in [0.717, 1.165) is 25.8 Å². The van der Waals surface area contributed by atoms with E-state index in [1.807, 2.05) is 23.1 Å². The van der Waals surface area contributed by atoms with Gasteiger partial charge in [0.1, 0.15) is 0 Å². The molecule has 0 aliphatic heterocycles. The fourth-order valence-electron chi connectivity index (χ4n) is 3.30. The summed E-state index contributed by atoms with van der Waals surface area (Å²) >= 11 is 0. The molecule has 0 unspecified atom stereocenters. The minimum absolute atomic E-state index is 0.122. The molecular formula is C20H32N2O. The van der Waals surface area contributed by atoms with Crippen molar-refractivity contribution in [3.05, 3.63) is 35.9 Å². The van der Waals surface area contributed by atoms with Gasteiger partial charge in [-0.05, 0) is 24.8 Å². The second-order valence-corrected chi connectivity index (χ2v) is 6.75. The van der Waals surface area contributed by atoms with Gasteiger partial charge in [-0.1, -0.05) is 75.8 Å². The highest BCUT2D eigenvalue weighted by Gasteiger charge is 2.19. The lowest BCUT2D eigenvalue weighted by Crippen LogP contribution is -2.45. The van der Waals surface area contributed by atoms with Crippen LogP contribution >= 0.6 is 0 Å².